The highest BCUT2D eigenvalue weighted by atomic mass is 32.2. The van der Waals surface area contributed by atoms with Gasteiger partial charge in [0, 0.05) is 6.42 Å². The van der Waals surface area contributed by atoms with Gasteiger partial charge in [0.05, 0.1) is 16.2 Å². The molecule has 0 aliphatic rings. The minimum atomic E-state index is -4.51. The number of carboxylic acid groups (broad SMARTS) is 1. The van der Waals surface area contributed by atoms with Gasteiger partial charge in [-0.1, -0.05) is 0 Å². The molecule has 8 heteroatoms. The van der Waals surface area contributed by atoms with Crippen LogP contribution in [-0.4, -0.2) is 25.2 Å². The molecule has 1 rings (SSSR count). The average Bonchev–Trinajstić information content (AvgIpc) is 2.34. The van der Waals surface area contributed by atoms with E-state index in [1.165, 1.54) is 0 Å². The summed E-state index contributed by atoms with van der Waals surface area (Å²) in [6, 6.07) is 3.25. The van der Waals surface area contributed by atoms with E-state index >= 15 is 0 Å². The Morgan fingerprint density at radius 2 is 1.65 bits per heavy atom. The van der Waals surface area contributed by atoms with Crippen molar-refractivity contribution in [1.82, 2.24) is 0 Å². The van der Waals surface area contributed by atoms with Crippen LogP contribution in [0, 0.1) is 0 Å². The minimum absolute atomic E-state index is 0.136. The fourth-order valence-corrected chi connectivity index (χ4v) is 2.91. The Bertz CT molecular complexity index is 561. The quantitative estimate of drug-likeness (QED) is 0.820. The van der Waals surface area contributed by atoms with Crippen molar-refractivity contribution in [3.8, 4) is 0 Å². The summed E-state index contributed by atoms with van der Waals surface area (Å²) in [6.07, 6.45) is -4.29. The zero-order valence-electron chi connectivity index (χ0n) is 10.4. The lowest BCUT2D eigenvalue weighted by atomic mass is 10.2. The van der Waals surface area contributed by atoms with Crippen molar-refractivity contribution < 1.29 is 31.5 Å². The van der Waals surface area contributed by atoms with Crippen molar-refractivity contribution in [2.45, 2.75) is 30.3 Å². The molecule has 1 aromatic rings. The Morgan fingerprint density at radius 3 is 2.10 bits per heavy atom. The first-order chi connectivity index (χ1) is 9.13. The van der Waals surface area contributed by atoms with Crippen LogP contribution in [0.15, 0.2) is 29.2 Å². The molecular formula is C12H13F3O4S. The maximum absolute atomic E-state index is 12.3. The summed E-state index contributed by atoms with van der Waals surface area (Å²) in [5, 5.41) is 8.41. The lowest BCUT2D eigenvalue weighted by Crippen LogP contribution is -2.09. The second-order valence-corrected chi connectivity index (χ2v) is 6.30. The SMILES string of the molecule is O=C(O)CCCCS(=O)(=O)c1ccc(C(F)(F)F)cc1. The van der Waals surface area contributed by atoms with Crippen LogP contribution >= 0.6 is 0 Å². The Hall–Kier alpha value is -1.57. The molecule has 112 valence electrons. The zero-order valence-corrected chi connectivity index (χ0v) is 11.2. The van der Waals surface area contributed by atoms with Crippen molar-refractivity contribution in [3.05, 3.63) is 29.8 Å². The third kappa shape index (κ3) is 4.84. The fourth-order valence-electron chi connectivity index (χ4n) is 1.54. The maximum atomic E-state index is 12.3. The molecule has 0 unspecified atom stereocenters. The Kier molecular flexibility index (Phi) is 5.15. The van der Waals surface area contributed by atoms with Gasteiger partial charge in [0.1, 0.15) is 0 Å². The van der Waals surface area contributed by atoms with E-state index < -0.39 is 27.5 Å². The average molecular weight is 310 g/mol. The number of carboxylic acids is 1. The third-order valence-corrected chi connectivity index (χ3v) is 4.41. The smallest absolute Gasteiger partial charge is 0.416 e. The fraction of sp³-hybridized carbons (Fsp3) is 0.417. The van der Waals surface area contributed by atoms with Gasteiger partial charge in [0.2, 0.25) is 0 Å². The van der Waals surface area contributed by atoms with Gasteiger partial charge >= 0.3 is 12.1 Å². The number of alkyl halides is 3. The van der Waals surface area contributed by atoms with Crippen molar-refractivity contribution in [3.63, 3.8) is 0 Å². The molecule has 0 amide bonds. The molecule has 20 heavy (non-hydrogen) atoms. The molecule has 0 radical (unpaired) electrons. The minimum Gasteiger partial charge on any atom is -0.481 e. The summed E-state index contributed by atoms with van der Waals surface area (Å²) in [5.41, 5.74) is -0.915. The van der Waals surface area contributed by atoms with Crippen LogP contribution in [0.3, 0.4) is 0 Å². The highest BCUT2D eigenvalue weighted by Crippen LogP contribution is 2.29. The first-order valence-corrected chi connectivity index (χ1v) is 7.40. The lowest BCUT2D eigenvalue weighted by molar-refractivity contribution is -0.138. The molecule has 0 saturated carbocycles. The molecule has 0 aromatic heterocycles. The number of benzene rings is 1. The summed E-state index contributed by atoms with van der Waals surface area (Å²) in [4.78, 5) is 10.1. The molecule has 0 bridgehead atoms. The number of sulfone groups is 1. The van der Waals surface area contributed by atoms with Gasteiger partial charge in [0.15, 0.2) is 9.84 Å². The molecule has 0 atom stereocenters. The van der Waals surface area contributed by atoms with Gasteiger partial charge in [-0.2, -0.15) is 13.2 Å². The largest absolute Gasteiger partial charge is 0.481 e. The molecule has 0 spiro atoms. The van der Waals surface area contributed by atoms with Crippen LogP contribution in [0.5, 0.6) is 0 Å². The second kappa shape index (κ2) is 6.25. The van der Waals surface area contributed by atoms with Gasteiger partial charge < -0.3 is 5.11 Å². The summed E-state index contributed by atoms with van der Waals surface area (Å²) in [6.45, 7) is 0. The van der Waals surface area contributed by atoms with Gasteiger partial charge in [-0.15, -0.1) is 0 Å². The number of unbranched alkanes of at least 4 members (excludes halogenated alkanes) is 1. The molecule has 0 saturated heterocycles. The summed E-state index contributed by atoms with van der Waals surface area (Å²) >= 11 is 0. The van der Waals surface area contributed by atoms with Gasteiger partial charge in [-0.3, -0.25) is 4.79 Å². The van der Waals surface area contributed by atoms with E-state index in [9.17, 15) is 26.4 Å². The first-order valence-electron chi connectivity index (χ1n) is 5.75. The van der Waals surface area contributed by atoms with Gasteiger partial charge in [0.25, 0.3) is 0 Å². The maximum Gasteiger partial charge on any atom is 0.416 e. The van der Waals surface area contributed by atoms with Crippen molar-refractivity contribution in [2.75, 3.05) is 5.75 Å². The monoisotopic (exact) mass is 310 g/mol. The van der Waals surface area contributed by atoms with E-state index in [4.69, 9.17) is 5.11 Å². The predicted molar refractivity (Wildman–Crippen MR) is 65.0 cm³/mol. The number of carbonyl (C=O) groups is 1. The number of hydrogen-bond donors (Lipinski definition) is 1. The van der Waals surface area contributed by atoms with E-state index in [0.717, 1.165) is 12.1 Å². The second-order valence-electron chi connectivity index (χ2n) is 4.19. The van der Waals surface area contributed by atoms with E-state index in [2.05, 4.69) is 0 Å². The summed E-state index contributed by atoms with van der Waals surface area (Å²) in [7, 11) is -3.68. The standard InChI is InChI=1S/C12H13F3O4S/c13-12(14,15)9-4-6-10(7-5-9)20(18,19)8-2-1-3-11(16)17/h4-7H,1-3,8H2,(H,16,17). The van der Waals surface area contributed by atoms with E-state index in [0.29, 0.717) is 12.1 Å². The van der Waals surface area contributed by atoms with Crippen molar-refractivity contribution in [2.24, 2.45) is 0 Å². The van der Waals surface area contributed by atoms with Crippen molar-refractivity contribution >= 4 is 15.8 Å². The highest BCUT2D eigenvalue weighted by molar-refractivity contribution is 7.91. The van der Waals surface area contributed by atoms with Crippen LogP contribution in [0.1, 0.15) is 24.8 Å². The number of hydrogen-bond acceptors (Lipinski definition) is 3. The van der Waals surface area contributed by atoms with Gasteiger partial charge in [-0.25, -0.2) is 8.42 Å². The van der Waals surface area contributed by atoms with Crippen molar-refractivity contribution in [1.29, 1.82) is 0 Å². The third-order valence-electron chi connectivity index (χ3n) is 2.59. The molecule has 4 nitrogen and oxygen atoms in total. The Morgan fingerprint density at radius 1 is 1.10 bits per heavy atom. The predicted octanol–water partition coefficient (Wildman–Crippen LogP) is 2.73. The number of aliphatic carboxylic acids is 1. The number of rotatable bonds is 6. The molecule has 1 aromatic carbocycles. The molecule has 0 aliphatic carbocycles. The molecular weight excluding hydrogens is 297 g/mol. The van der Waals surface area contributed by atoms with Crippen LogP contribution < -0.4 is 0 Å². The van der Waals surface area contributed by atoms with Gasteiger partial charge in [-0.05, 0) is 37.1 Å². The normalized spacial score (nSPS) is 12.3. The highest BCUT2D eigenvalue weighted by Gasteiger charge is 2.30. The molecule has 0 aliphatic heterocycles. The van der Waals surface area contributed by atoms with E-state index in [1.54, 1.807) is 0 Å². The van der Waals surface area contributed by atoms with Crippen LogP contribution in [0.25, 0.3) is 0 Å². The molecule has 1 N–H and O–H groups in total. The topological polar surface area (TPSA) is 71.4 Å². The summed E-state index contributed by atoms with van der Waals surface area (Å²) in [5.74, 6) is -1.30. The molecule has 0 fully saturated rings. The lowest BCUT2D eigenvalue weighted by Gasteiger charge is -2.08. The first kappa shape index (κ1) is 16.5. The van der Waals surface area contributed by atoms with Crippen LogP contribution in [0.2, 0.25) is 0 Å². The zero-order chi connectivity index (χ0) is 15.4. The molecule has 0 heterocycles. The van der Waals surface area contributed by atoms with Crippen LogP contribution in [0.4, 0.5) is 13.2 Å². The Balaban J connectivity index is 2.71. The number of halogens is 3. The van der Waals surface area contributed by atoms with E-state index in [-0.39, 0.29) is 29.9 Å². The van der Waals surface area contributed by atoms with Crippen LogP contribution in [-0.2, 0) is 20.8 Å². The van der Waals surface area contributed by atoms with E-state index in [1.807, 2.05) is 0 Å². The Labute approximate surface area is 114 Å². The summed E-state index contributed by atoms with van der Waals surface area (Å²) < 4.78 is 60.6.